The van der Waals surface area contributed by atoms with Crippen LogP contribution in [0.2, 0.25) is 0 Å². The number of hydrogen-bond acceptors (Lipinski definition) is 3. The molecule has 0 saturated carbocycles. The molecule has 144 valence electrons. The molecule has 0 spiro atoms. The number of rotatable bonds is 8. The van der Waals surface area contributed by atoms with Crippen molar-refractivity contribution in [3.05, 3.63) is 71.6 Å². The van der Waals surface area contributed by atoms with Gasteiger partial charge in [-0.2, -0.15) is 0 Å². The van der Waals surface area contributed by atoms with E-state index in [1.165, 1.54) is 12.1 Å². The molecule has 5 nitrogen and oxygen atoms in total. The van der Waals surface area contributed by atoms with Crippen molar-refractivity contribution < 1.29 is 17.6 Å². The molecule has 0 radical (unpaired) electrons. The zero-order valence-electron chi connectivity index (χ0n) is 15.4. The van der Waals surface area contributed by atoms with Gasteiger partial charge in [0, 0.05) is 17.8 Å². The van der Waals surface area contributed by atoms with Crippen LogP contribution in [0, 0.1) is 5.82 Å². The molecule has 2 aromatic carbocycles. The van der Waals surface area contributed by atoms with Gasteiger partial charge in [0.15, 0.2) is 0 Å². The Labute approximate surface area is 159 Å². The normalized spacial score (nSPS) is 11.2. The van der Waals surface area contributed by atoms with E-state index in [0.717, 1.165) is 36.1 Å². The second-order valence-electron chi connectivity index (χ2n) is 5.90. The first-order valence-corrected chi connectivity index (χ1v) is 10.1. The molecule has 0 aliphatic heterocycles. The molecule has 0 heterocycles. The molecule has 7 heteroatoms. The Balaban J connectivity index is 2.39. The number of halogens is 1. The number of para-hydroxylation sites is 1. The van der Waals surface area contributed by atoms with E-state index in [9.17, 15) is 17.6 Å². The summed E-state index contributed by atoms with van der Waals surface area (Å²) in [5.74, 6) is -1.42. The Morgan fingerprint density at radius 2 is 1.78 bits per heavy atom. The van der Waals surface area contributed by atoms with E-state index in [0.29, 0.717) is 5.69 Å². The van der Waals surface area contributed by atoms with Crippen LogP contribution >= 0.6 is 0 Å². The summed E-state index contributed by atoms with van der Waals surface area (Å²) in [6.07, 6.45) is 2.82. The van der Waals surface area contributed by atoms with Crippen molar-refractivity contribution in [1.82, 2.24) is 4.72 Å². The number of nitrogens with one attached hydrogen (secondary N) is 2. The maximum absolute atomic E-state index is 14.0. The number of anilines is 1. The third-order valence-corrected chi connectivity index (χ3v) is 5.58. The van der Waals surface area contributed by atoms with E-state index in [4.69, 9.17) is 0 Å². The van der Waals surface area contributed by atoms with Gasteiger partial charge in [0.1, 0.15) is 10.7 Å². The third kappa shape index (κ3) is 4.81. The molecule has 27 heavy (non-hydrogen) atoms. The fourth-order valence-corrected chi connectivity index (χ4v) is 3.79. The van der Waals surface area contributed by atoms with E-state index in [1.54, 1.807) is 0 Å². The van der Waals surface area contributed by atoms with Crippen molar-refractivity contribution in [3.8, 4) is 0 Å². The van der Waals surface area contributed by atoms with Crippen LogP contribution in [0.4, 0.5) is 10.1 Å². The molecular formula is C20H23FN2O3S. The van der Waals surface area contributed by atoms with Gasteiger partial charge in [-0.15, -0.1) is 6.58 Å². The van der Waals surface area contributed by atoms with Gasteiger partial charge in [-0.05, 0) is 42.2 Å². The molecule has 0 aliphatic carbocycles. The lowest BCUT2D eigenvalue weighted by Gasteiger charge is -2.15. The summed E-state index contributed by atoms with van der Waals surface area (Å²) in [4.78, 5) is 12.1. The lowest BCUT2D eigenvalue weighted by molar-refractivity contribution is 0.102. The molecule has 0 aliphatic rings. The second-order valence-corrected chi connectivity index (χ2v) is 7.63. The number of aryl methyl sites for hydroxylation is 2. The minimum Gasteiger partial charge on any atom is -0.321 e. The average Bonchev–Trinajstić information content (AvgIpc) is 2.66. The average molecular weight is 390 g/mol. The fraction of sp³-hybridized carbons (Fsp3) is 0.250. The van der Waals surface area contributed by atoms with Crippen LogP contribution in [0.5, 0.6) is 0 Å². The largest absolute Gasteiger partial charge is 0.321 e. The van der Waals surface area contributed by atoms with Crippen LogP contribution in [0.15, 0.2) is 53.9 Å². The second kappa shape index (κ2) is 8.92. The number of amides is 1. The summed E-state index contributed by atoms with van der Waals surface area (Å²) in [5, 5.41) is 2.85. The van der Waals surface area contributed by atoms with Gasteiger partial charge in [0.05, 0.1) is 0 Å². The molecule has 2 N–H and O–H groups in total. The Hall–Kier alpha value is -2.51. The molecule has 2 rings (SSSR count). The summed E-state index contributed by atoms with van der Waals surface area (Å²) < 4.78 is 40.7. The molecule has 2 aromatic rings. The number of carbonyl (C=O) groups is 1. The van der Waals surface area contributed by atoms with E-state index >= 15 is 0 Å². The molecule has 0 atom stereocenters. The molecule has 0 fully saturated rings. The lowest BCUT2D eigenvalue weighted by atomic mass is 10.0. The summed E-state index contributed by atoms with van der Waals surface area (Å²) in [5.41, 5.74) is 2.73. The summed E-state index contributed by atoms with van der Waals surface area (Å²) >= 11 is 0. The maximum atomic E-state index is 14.0. The topological polar surface area (TPSA) is 75.3 Å². The Morgan fingerprint density at radius 1 is 1.15 bits per heavy atom. The number of sulfonamides is 1. The van der Waals surface area contributed by atoms with Crippen LogP contribution < -0.4 is 10.0 Å². The molecule has 0 aromatic heterocycles. The molecular weight excluding hydrogens is 367 g/mol. The lowest BCUT2D eigenvalue weighted by Crippen LogP contribution is -2.25. The highest BCUT2D eigenvalue weighted by Gasteiger charge is 2.21. The van der Waals surface area contributed by atoms with Crippen LogP contribution in [0.1, 0.15) is 35.3 Å². The van der Waals surface area contributed by atoms with Crippen molar-refractivity contribution in [2.24, 2.45) is 0 Å². The number of benzene rings is 2. The zero-order valence-corrected chi connectivity index (χ0v) is 16.2. The first-order chi connectivity index (χ1) is 12.8. The predicted octanol–water partition coefficient (Wildman–Crippen LogP) is 3.67. The van der Waals surface area contributed by atoms with Crippen LogP contribution in [0.3, 0.4) is 0 Å². The van der Waals surface area contributed by atoms with Gasteiger partial charge >= 0.3 is 0 Å². The monoisotopic (exact) mass is 390 g/mol. The van der Waals surface area contributed by atoms with Crippen molar-refractivity contribution in [2.45, 2.75) is 31.6 Å². The number of hydrogen-bond donors (Lipinski definition) is 2. The highest BCUT2D eigenvalue weighted by Crippen LogP contribution is 2.24. The Kier molecular flexibility index (Phi) is 6.87. The van der Waals surface area contributed by atoms with Crippen LogP contribution in [-0.2, 0) is 22.9 Å². The Bertz CT molecular complexity index is 933. The van der Waals surface area contributed by atoms with Gasteiger partial charge in [-0.1, -0.05) is 38.1 Å². The van der Waals surface area contributed by atoms with Crippen molar-refractivity contribution >= 4 is 21.6 Å². The van der Waals surface area contributed by atoms with Gasteiger partial charge in [0.2, 0.25) is 10.0 Å². The van der Waals surface area contributed by atoms with Gasteiger partial charge in [-0.25, -0.2) is 17.5 Å². The standard InChI is InChI=1S/C20H23FN2O3S/c1-4-12-22-27(25,26)18-13-16(10-11-17(18)21)20(24)23-19-14(5-2)8-7-9-15(19)6-3/h4,7-11,13,22H,1,5-6,12H2,2-3H3,(H,23,24). The Morgan fingerprint density at radius 3 is 2.33 bits per heavy atom. The van der Waals surface area contributed by atoms with E-state index in [1.807, 2.05) is 32.0 Å². The molecule has 0 saturated heterocycles. The van der Waals surface area contributed by atoms with Crippen molar-refractivity contribution in [2.75, 3.05) is 11.9 Å². The van der Waals surface area contributed by atoms with Crippen LogP contribution in [-0.4, -0.2) is 20.9 Å². The van der Waals surface area contributed by atoms with Crippen molar-refractivity contribution in [1.29, 1.82) is 0 Å². The summed E-state index contributed by atoms with van der Waals surface area (Å²) in [6, 6.07) is 9.06. The highest BCUT2D eigenvalue weighted by molar-refractivity contribution is 7.89. The first-order valence-electron chi connectivity index (χ1n) is 8.66. The van der Waals surface area contributed by atoms with Crippen molar-refractivity contribution in [3.63, 3.8) is 0 Å². The maximum Gasteiger partial charge on any atom is 0.255 e. The highest BCUT2D eigenvalue weighted by atomic mass is 32.2. The molecule has 1 amide bonds. The first kappa shape index (κ1) is 20.8. The molecule has 0 bridgehead atoms. The SMILES string of the molecule is C=CCNS(=O)(=O)c1cc(C(=O)Nc2c(CC)cccc2CC)ccc1F. The van der Waals surface area contributed by atoms with Gasteiger partial charge < -0.3 is 5.32 Å². The summed E-state index contributed by atoms with van der Waals surface area (Å²) in [7, 11) is -4.08. The zero-order chi connectivity index (χ0) is 20.0. The quantitative estimate of drug-likeness (QED) is 0.676. The smallest absolute Gasteiger partial charge is 0.255 e. The van der Waals surface area contributed by atoms with Crippen LogP contribution in [0.25, 0.3) is 0 Å². The fourth-order valence-electron chi connectivity index (χ4n) is 2.69. The van der Waals surface area contributed by atoms with Gasteiger partial charge in [-0.3, -0.25) is 4.79 Å². The third-order valence-electron chi connectivity index (χ3n) is 4.14. The predicted molar refractivity (Wildman–Crippen MR) is 105 cm³/mol. The van der Waals surface area contributed by atoms with Gasteiger partial charge in [0.25, 0.3) is 5.91 Å². The molecule has 0 unspecified atom stereocenters. The van der Waals surface area contributed by atoms with E-state index < -0.39 is 26.6 Å². The number of carbonyl (C=O) groups excluding carboxylic acids is 1. The minimum absolute atomic E-state index is 0.0397. The van der Waals surface area contributed by atoms with E-state index in [2.05, 4.69) is 16.6 Å². The minimum atomic E-state index is -4.08. The van der Waals surface area contributed by atoms with E-state index in [-0.39, 0.29) is 12.1 Å². The summed E-state index contributed by atoms with van der Waals surface area (Å²) in [6.45, 7) is 7.35.